The quantitative estimate of drug-likeness (QED) is 0.504. The second-order valence-corrected chi connectivity index (χ2v) is 6.20. The van der Waals surface area contributed by atoms with Gasteiger partial charge in [-0.2, -0.15) is 0 Å². The molecule has 0 radical (unpaired) electrons. The van der Waals surface area contributed by atoms with E-state index in [1.165, 1.54) is 0 Å². The van der Waals surface area contributed by atoms with Crippen molar-refractivity contribution in [3.05, 3.63) is 95.6 Å². The Balaban J connectivity index is 1.57. The topological polar surface area (TPSA) is 64.6 Å². The van der Waals surface area contributed by atoms with Crippen molar-refractivity contribution in [3.63, 3.8) is 0 Å². The zero-order valence-electron chi connectivity index (χ0n) is 15.6. The molecule has 0 unspecified atom stereocenters. The fraction of sp³-hybridized carbons (Fsp3) is 0.130. The highest BCUT2D eigenvalue weighted by molar-refractivity contribution is 5.94. The summed E-state index contributed by atoms with van der Waals surface area (Å²) in [6, 6.07) is 23.4. The van der Waals surface area contributed by atoms with Crippen LogP contribution in [0, 0.1) is 0 Å². The predicted octanol–water partition coefficient (Wildman–Crippen LogP) is 3.77. The summed E-state index contributed by atoms with van der Waals surface area (Å²) in [5, 5.41) is 2.86. The van der Waals surface area contributed by atoms with Crippen molar-refractivity contribution in [1.82, 2.24) is 5.32 Å². The second-order valence-electron chi connectivity index (χ2n) is 6.20. The summed E-state index contributed by atoms with van der Waals surface area (Å²) in [5.41, 5.74) is 2.27. The number of methoxy groups -OCH3 is 1. The Kier molecular flexibility index (Phi) is 6.41. The number of nitrogens with one attached hydrogen (secondary N) is 1. The van der Waals surface area contributed by atoms with Crippen LogP contribution < -0.4 is 14.8 Å². The molecular weight excluding hydrogens is 354 g/mol. The van der Waals surface area contributed by atoms with Gasteiger partial charge in [-0.1, -0.05) is 48.5 Å². The number of hydrogen-bond acceptors (Lipinski definition) is 4. The van der Waals surface area contributed by atoms with Crippen LogP contribution in [-0.4, -0.2) is 19.0 Å². The smallest absolute Gasteiger partial charge is 0.315 e. The number of rotatable bonds is 7. The Labute approximate surface area is 163 Å². The van der Waals surface area contributed by atoms with E-state index in [0.717, 1.165) is 16.9 Å². The monoisotopic (exact) mass is 375 g/mol. The molecule has 5 nitrogen and oxygen atoms in total. The molecule has 0 saturated heterocycles. The number of amides is 1. The molecule has 0 aliphatic rings. The SMILES string of the molecule is COc1ccc(CC(=O)Oc2cccc(C(=O)NCc3ccccc3)c2)cc1. The molecule has 0 heterocycles. The Hall–Kier alpha value is -3.60. The second kappa shape index (κ2) is 9.37. The van der Waals surface area contributed by atoms with E-state index in [1.807, 2.05) is 42.5 Å². The van der Waals surface area contributed by atoms with Gasteiger partial charge in [-0.25, -0.2) is 0 Å². The molecule has 0 fully saturated rings. The normalized spacial score (nSPS) is 10.2. The van der Waals surface area contributed by atoms with Crippen LogP contribution >= 0.6 is 0 Å². The molecule has 0 aromatic heterocycles. The number of benzene rings is 3. The Morgan fingerprint density at radius 3 is 2.29 bits per heavy atom. The van der Waals surface area contributed by atoms with Crippen molar-refractivity contribution in [2.24, 2.45) is 0 Å². The van der Waals surface area contributed by atoms with Crippen molar-refractivity contribution >= 4 is 11.9 Å². The summed E-state index contributed by atoms with van der Waals surface area (Å²) in [6.07, 6.45) is 0.133. The van der Waals surface area contributed by atoms with Gasteiger partial charge in [-0.15, -0.1) is 0 Å². The van der Waals surface area contributed by atoms with Gasteiger partial charge in [0.1, 0.15) is 11.5 Å². The summed E-state index contributed by atoms with van der Waals surface area (Å²) in [7, 11) is 1.59. The average Bonchev–Trinajstić information content (AvgIpc) is 2.73. The summed E-state index contributed by atoms with van der Waals surface area (Å²) < 4.78 is 10.5. The summed E-state index contributed by atoms with van der Waals surface area (Å²) in [4.78, 5) is 24.5. The molecule has 0 atom stereocenters. The first kappa shape index (κ1) is 19.2. The minimum atomic E-state index is -0.396. The zero-order chi connectivity index (χ0) is 19.8. The molecule has 1 N–H and O–H groups in total. The van der Waals surface area contributed by atoms with Crippen LogP contribution in [0.5, 0.6) is 11.5 Å². The van der Waals surface area contributed by atoms with E-state index in [-0.39, 0.29) is 12.3 Å². The van der Waals surface area contributed by atoms with E-state index >= 15 is 0 Å². The van der Waals surface area contributed by atoms with Crippen molar-refractivity contribution in [1.29, 1.82) is 0 Å². The number of ether oxygens (including phenoxy) is 2. The highest BCUT2D eigenvalue weighted by Gasteiger charge is 2.10. The fourth-order valence-electron chi connectivity index (χ4n) is 2.66. The molecule has 0 aliphatic heterocycles. The molecular formula is C23H21NO4. The highest BCUT2D eigenvalue weighted by atomic mass is 16.5. The van der Waals surface area contributed by atoms with Gasteiger partial charge in [0.25, 0.3) is 5.91 Å². The lowest BCUT2D eigenvalue weighted by Crippen LogP contribution is -2.22. The molecule has 0 bridgehead atoms. The third-order valence-corrected chi connectivity index (χ3v) is 4.13. The molecule has 1 amide bonds. The Bertz CT molecular complexity index is 936. The first-order valence-electron chi connectivity index (χ1n) is 8.90. The van der Waals surface area contributed by atoms with E-state index in [9.17, 15) is 9.59 Å². The third kappa shape index (κ3) is 5.45. The molecule has 0 aliphatic carbocycles. The minimum absolute atomic E-state index is 0.133. The summed E-state index contributed by atoms with van der Waals surface area (Å²) in [5.74, 6) is 0.445. The fourth-order valence-corrected chi connectivity index (χ4v) is 2.66. The van der Waals surface area contributed by atoms with Crippen molar-refractivity contribution in [3.8, 4) is 11.5 Å². The van der Waals surface area contributed by atoms with E-state index in [4.69, 9.17) is 9.47 Å². The molecule has 28 heavy (non-hydrogen) atoms. The van der Waals surface area contributed by atoms with Crippen LogP contribution in [0.4, 0.5) is 0 Å². The number of carbonyl (C=O) groups is 2. The van der Waals surface area contributed by atoms with Gasteiger partial charge in [0.15, 0.2) is 0 Å². The lowest BCUT2D eigenvalue weighted by Gasteiger charge is -2.08. The highest BCUT2D eigenvalue weighted by Crippen LogP contribution is 2.16. The van der Waals surface area contributed by atoms with Crippen molar-refractivity contribution in [2.75, 3.05) is 7.11 Å². The molecule has 0 saturated carbocycles. The van der Waals surface area contributed by atoms with Crippen LogP contribution in [-0.2, 0) is 17.8 Å². The predicted molar refractivity (Wildman–Crippen MR) is 106 cm³/mol. The first-order valence-corrected chi connectivity index (χ1v) is 8.90. The van der Waals surface area contributed by atoms with E-state index < -0.39 is 5.97 Å². The maximum Gasteiger partial charge on any atom is 0.315 e. The maximum absolute atomic E-state index is 12.3. The van der Waals surface area contributed by atoms with Crippen LogP contribution in [0.3, 0.4) is 0 Å². The Morgan fingerprint density at radius 2 is 1.57 bits per heavy atom. The van der Waals surface area contributed by atoms with Gasteiger partial charge < -0.3 is 14.8 Å². The van der Waals surface area contributed by atoms with E-state index in [0.29, 0.717) is 17.9 Å². The number of esters is 1. The van der Waals surface area contributed by atoms with Gasteiger partial charge in [0.2, 0.25) is 0 Å². The van der Waals surface area contributed by atoms with Gasteiger partial charge in [-0.05, 0) is 41.5 Å². The minimum Gasteiger partial charge on any atom is -0.497 e. The standard InChI is InChI=1S/C23H21NO4/c1-27-20-12-10-17(11-13-20)14-22(25)28-21-9-5-8-19(15-21)23(26)24-16-18-6-3-2-4-7-18/h2-13,15H,14,16H2,1H3,(H,24,26). The Morgan fingerprint density at radius 1 is 0.821 bits per heavy atom. The van der Waals surface area contributed by atoms with E-state index in [2.05, 4.69) is 5.32 Å². The van der Waals surface area contributed by atoms with Crippen LogP contribution in [0.15, 0.2) is 78.9 Å². The molecule has 3 rings (SSSR count). The van der Waals surface area contributed by atoms with Gasteiger partial charge >= 0.3 is 5.97 Å². The van der Waals surface area contributed by atoms with Crippen LogP contribution in [0.25, 0.3) is 0 Å². The zero-order valence-corrected chi connectivity index (χ0v) is 15.6. The molecule has 142 valence electrons. The molecule has 0 spiro atoms. The average molecular weight is 375 g/mol. The maximum atomic E-state index is 12.3. The van der Waals surface area contributed by atoms with Gasteiger partial charge in [0.05, 0.1) is 13.5 Å². The lowest BCUT2D eigenvalue weighted by atomic mass is 10.1. The van der Waals surface area contributed by atoms with Crippen molar-refractivity contribution in [2.45, 2.75) is 13.0 Å². The number of carbonyl (C=O) groups excluding carboxylic acids is 2. The van der Waals surface area contributed by atoms with Gasteiger partial charge in [-0.3, -0.25) is 9.59 Å². The van der Waals surface area contributed by atoms with Crippen LogP contribution in [0.2, 0.25) is 0 Å². The van der Waals surface area contributed by atoms with Crippen molar-refractivity contribution < 1.29 is 19.1 Å². The van der Waals surface area contributed by atoms with E-state index in [1.54, 1.807) is 43.5 Å². The molecule has 3 aromatic rings. The summed E-state index contributed by atoms with van der Waals surface area (Å²) in [6.45, 7) is 0.432. The largest absolute Gasteiger partial charge is 0.497 e. The number of hydrogen-bond donors (Lipinski definition) is 1. The third-order valence-electron chi connectivity index (χ3n) is 4.13. The summed E-state index contributed by atoms with van der Waals surface area (Å²) >= 11 is 0. The molecule has 5 heteroatoms. The van der Waals surface area contributed by atoms with Gasteiger partial charge in [0, 0.05) is 12.1 Å². The molecule has 3 aromatic carbocycles. The van der Waals surface area contributed by atoms with Crippen LogP contribution in [0.1, 0.15) is 21.5 Å². The first-order chi connectivity index (χ1) is 13.6. The lowest BCUT2D eigenvalue weighted by molar-refractivity contribution is -0.133.